The third-order valence-electron chi connectivity index (χ3n) is 3.40. The van der Waals surface area contributed by atoms with Crippen LogP contribution in [0.15, 0.2) is 48.5 Å². The number of hydrogen-bond acceptors (Lipinski definition) is 4. The number of ether oxygens (including phenoxy) is 1. The molecule has 0 fully saturated rings. The number of methoxy groups -OCH3 is 1. The molecule has 0 saturated heterocycles. The lowest BCUT2D eigenvalue weighted by Gasteiger charge is -2.16. The lowest BCUT2D eigenvalue weighted by molar-refractivity contribution is -0.116. The van der Waals surface area contributed by atoms with Gasteiger partial charge in [-0.25, -0.2) is 0 Å². The van der Waals surface area contributed by atoms with Gasteiger partial charge in [-0.2, -0.15) is 0 Å². The van der Waals surface area contributed by atoms with Crippen LogP contribution in [-0.4, -0.2) is 24.8 Å². The van der Waals surface area contributed by atoms with Crippen LogP contribution >= 0.6 is 0 Å². The zero-order valence-corrected chi connectivity index (χ0v) is 13.4. The average molecular weight is 312 g/mol. The van der Waals surface area contributed by atoms with Crippen molar-refractivity contribution in [2.45, 2.75) is 19.9 Å². The van der Waals surface area contributed by atoms with Crippen LogP contribution in [0.1, 0.15) is 24.2 Å². The molecule has 5 nitrogen and oxygen atoms in total. The second-order valence-corrected chi connectivity index (χ2v) is 5.22. The monoisotopic (exact) mass is 312 g/mol. The van der Waals surface area contributed by atoms with Gasteiger partial charge in [0, 0.05) is 16.9 Å². The molecule has 0 aliphatic rings. The van der Waals surface area contributed by atoms with Gasteiger partial charge >= 0.3 is 0 Å². The molecule has 1 unspecified atom stereocenters. The number of ketones is 1. The molecule has 0 aromatic heterocycles. The molecule has 120 valence electrons. The van der Waals surface area contributed by atoms with E-state index in [1.807, 2.05) is 24.3 Å². The largest absolute Gasteiger partial charge is 0.497 e. The fourth-order valence-corrected chi connectivity index (χ4v) is 2.07. The topological polar surface area (TPSA) is 67.4 Å². The smallest absolute Gasteiger partial charge is 0.246 e. The van der Waals surface area contributed by atoms with E-state index in [4.69, 9.17) is 4.74 Å². The van der Waals surface area contributed by atoms with Crippen LogP contribution in [0.25, 0.3) is 0 Å². The number of carbonyl (C=O) groups is 2. The predicted octanol–water partition coefficient (Wildman–Crippen LogP) is 3.34. The minimum atomic E-state index is -0.427. The van der Waals surface area contributed by atoms with Crippen molar-refractivity contribution in [3.05, 3.63) is 54.1 Å². The Morgan fingerprint density at radius 1 is 1.04 bits per heavy atom. The SMILES string of the molecule is COc1ccc(NC(C)C(=O)Nc2cccc(C(C)=O)c2)cc1. The Morgan fingerprint density at radius 3 is 2.35 bits per heavy atom. The predicted molar refractivity (Wildman–Crippen MR) is 91.2 cm³/mol. The number of benzene rings is 2. The highest BCUT2D eigenvalue weighted by molar-refractivity contribution is 5.99. The maximum atomic E-state index is 12.2. The van der Waals surface area contributed by atoms with E-state index in [1.165, 1.54) is 6.92 Å². The first-order valence-electron chi connectivity index (χ1n) is 7.32. The Balaban J connectivity index is 1.99. The fraction of sp³-hybridized carbons (Fsp3) is 0.222. The van der Waals surface area contributed by atoms with E-state index in [1.54, 1.807) is 38.3 Å². The van der Waals surface area contributed by atoms with E-state index in [9.17, 15) is 9.59 Å². The lowest BCUT2D eigenvalue weighted by Crippen LogP contribution is -2.31. The Kier molecular flexibility index (Phi) is 5.36. The highest BCUT2D eigenvalue weighted by Gasteiger charge is 2.13. The zero-order valence-electron chi connectivity index (χ0n) is 13.4. The van der Waals surface area contributed by atoms with Crippen molar-refractivity contribution in [1.82, 2.24) is 0 Å². The molecule has 1 atom stereocenters. The van der Waals surface area contributed by atoms with Gasteiger partial charge in [0.15, 0.2) is 5.78 Å². The molecule has 2 aromatic carbocycles. The molecule has 23 heavy (non-hydrogen) atoms. The summed E-state index contributed by atoms with van der Waals surface area (Å²) in [4.78, 5) is 23.6. The molecule has 0 saturated carbocycles. The van der Waals surface area contributed by atoms with Crippen LogP contribution in [-0.2, 0) is 4.79 Å². The van der Waals surface area contributed by atoms with Crippen molar-refractivity contribution in [2.75, 3.05) is 17.7 Å². The van der Waals surface area contributed by atoms with Crippen LogP contribution in [0.3, 0.4) is 0 Å². The van der Waals surface area contributed by atoms with E-state index in [-0.39, 0.29) is 11.7 Å². The van der Waals surface area contributed by atoms with Crippen molar-refractivity contribution in [3.63, 3.8) is 0 Å². The summed E-state index contributed by atoms with van der Waals surface area (Å²) in [6.07, 6.45) is 0. The minimum Gasteiger partial charge on any atom is -0.497 e. The van der Waals surface area contributed by atoms with E-state index in [2.05, 4.69) is 10.6 Å². The summed E-state index contributed by atoms with van der Waals surface area (Å²) >= 11 is 0. The number of rotatable bonds is 6. The van der Waals surface area contributed by atoms with Gasteiger partial charge in [-0.1, -0.05) is 12.1 Å². The Hall–Kier alpha value is -2.82. The second kappa shape index (κ2) is 7.45. The fourth-order valence-electron chi connectivity index (χ4n) is 2.07. The molecule has 0 aliphatic heterocycles. The van der Waals surface area contributed by atoms with Crippen LogP contribution in [0, 0.1) is 0 Å². The van der Waals surface area contributed by atoms with Crippen LogP contribution in [0.4, 0.5) is 11.4 Å². The number of amides is 1. The maximum absolute atomic E-state index is 12.2. The van der Waals surface area contributed by atoms with Crippen molar-refractivity contribution in [3.8, 4) is 5.75 Å². The van der Waals surface area contributed by atoms with Gasteiger partial charge in [-0.15, -0.1) is 0 Å². The van der Waals surface area contributed by atoms with E-state index in [0.29, 0.717) is 11.3 Å². The number of anilines is 2. The Morgan fingerprint density at radius 2 is 1.74 bits per heavy atom. The summed E-state index contributed by atoms with van der Waals surface area (Å²) in [6.45, 7) is 3.27. The first-order chi connectivity index (χ1) is 11.0. The maximum Gasteiger partial charge on any atom is 0.246 e. The summed E-state index contributed by atoms with van der Waals surface area (Å²) in [7, 11) is 1.60. The van der Waals surface area contributed by atoms with Gasteiger partial charge in [0.25, 0.3) is 0 Å². The van der Waals surface area contributed by atoms with Crippen LogP contribution in [0.2, 0.25) is 0 Å². The van der Waals surface area contributed by atoms with Crippen LogP contribution < -0.4 is 15.4 Å². The molecule has 0 bridgehead atoms. The summed E-state index contributed by atoms with van der Waals surface area (Å²) in [5.41, 5.74) is 2.00. The average Bonchev–Trinajstić information content (AvgIpc) is 2.55. The molecule has 0 heterocycles. The summed E-state index contributed by atoms with van der Waals surface area (Å²) in [5, 5.41) is 5.92. The molecule has 0 spiro atoms. The molecule has 0 radical (unpaired) electrons. The van der Waals surface area contributed by atoms with Crippen molar-refractivity contribution in [1.29, 1.82) is 0 Å². The van der Waals surface area contributed by atoms with Gasteiger partial charge in [0.2, 0.25) is 5.91 Å². The minimum absolute atomic E-state index is 0.0366. The molecular weight excluding hydrogens is 292 g/mol. The molecule has 2 rings (SSSR count). The molecular formula is C18H20N2O3. The summed E-state index contributed by atoms with van der Waals surface area (Å²) in [5.74, 6) is 0.542. The normalized spacial score (nSPS) is 11.4. The number of nitrogens with one attached hydrogen (secondary N) is 2. The standard InChI is InChI=1S/C18H20N2O3/c1-12(19-15-7-9-17(23-3)10-8-15)18(22)20-16-6-4-5-14(11-16)13(2)21/h4-12,19H,1-3H3,(H,20,22). The first-order valence-corrected chi connectivity index (χ1v) is 7.32. The molecule has 2 aromatic rings. The number of hydrogen-bond donors (Lipinski definition) is 2. The van der Waals surface area contributed by atoms with Gasteiger partial charge in [-0.3, -0.25) is 9.59 Å². The van der Waals surface area contributed by atoms with Crippen molar-refractivity contribution in [2.24, 2.45) is 0 Å². The van der Waals surface area contributed by atoms with Crippen LogP contribution in [0.5, 0.6) is 5.75 Å². The third kappa shape index (κ3) is 4.57. The number of Topliss-reactive ketones (excluding diaryl/α,β-unsaturated/α-hetero) is 1. The molecule has 2 N–H and O–H groups in total. The highest BCUT2D eigenvalue weighted by atomic mass is 16.5. The quantitative estimate of drug-likeness (QED) is 0.803. The zero-order chi connectivity index (χ0) is 16.8. The summed E-state index contributed by atoms with van der Waals surface area (Å²) in [6, 6.07) is 13.8. The lowest BCUT2D eigenvalue weighted by atomic mass is 10.1. The third-order valence-corrected chi connectivity index (χ3v) is 3.40. The molecule has 0 aliphatic carbocycles. The highest BCUT2D eigenvalue weighted by Crippen LogP contribution is 2.16. The van der Waals surface area contributed by atoms with Crippen molar-refractivity contribution >= 4 is 23.1 Å². The Labute approximate surface area is 135 Å². The number of carbonyl (C=O) groups excluding carboxylic acids is 2. The molecule has 1 amide bonds. The first kappa shape index (κ1) is 16.5. The van der Waals surface area contributed by atoms with Gasteiger partial charge in [-0.05, 0) is 50.2 Å². The van der Waals surface area contributed by atoms with E-state index < -0.39 is 6.04 Å². The van der Waals surface area contributed by atoms with Gasteiger partial charge < -0.3 is 15.4 Å². The molecule has 5 heteroatoms. The van der Waals surface area contributed by atoms with E-state index >= 15 is 0 Å². The van der Waals surface area contributed by atoms with E-state index in [0.717, 1.165) is 11.4 Å². The van der Waals surface area contributed by atoms with Gasteiger partial charge in [0.1, 0.15) is 11.8 Å². The summed E-state index contributed by atoms with van der Waals surface area (Å²) < 4.78 is 5.10. The second-order valence-electron chi connectivity index (χ2n) is 5.22. The Bertz CT molecular complexity index is 696. The van der Waals surface area contributed by atoms with Gasteiger partial charge in [0.05, 0.1) is 7.11 Å². The van der Waals surface area contributed by atoms with Crippen molar-refractivity contribution < 1.29 is 14.3 Å².